The molecule has 6 nitrogen and oxygen atoms in total. The Kier molecular flexibility index (Phi) is 6.31. The van der Waals surface area contributed by atoms with Crippen LogP contribution in [-0.2, 0) is 19.2 Å². The fraction of sp³-hybridized carbons (Fsp3) is 0.571. The molecule has 1 amide bonds. The van der Waals surface area contributed by atoms with Crippen LogP contribution in [0.3, 0.4) is 0 Å². The lowest BCUT2D eigenvalue weighted by Gasteiger charge is -2.41. The van der Waals surface area contributed by atoms with Crippen LogP contribution in [0.5, 0.6) is 0 Å². The number of halogens is 1. The van der Waals surface area contributed by atoms with Crippen molar-refractivity contribution in [3.05, 3.63) is 35.6 Å². The molecule has 7 heteroatoms. The molecule has 0 saturated carbocycles. The highest BCUT2D eigenvalue weighted by atomic mass is 19.1. The number of ether oxygens (including phenoxy) is 1. The molecule has 1 fully saturated rings. The number of carbonyl (C=O) groups is 2. The molecule has 28 heavy (non-hydrogen) atoms. The zero-order chi connectivity index (χ0) is 20.1. The van der Waals surface area contributed by atoms with Crippen molar-refractivity contribution in [2.24, 2.45) is 10.6 Å². The molecule has 2 heterocycles. The van der Waals surface area contributed by atoms with Crippen LogP contribution in [0.4, 0.5) is 4.39 Å². The van der Waals surface area contributed by atoms with Gasteiger partial charge in [-0.05, 0) is 31.9 Å². The Hall–Kier alpha value is -2.44. The first-order valence-electron chi connectivity index (χ1n) is 9.91. The fourth-order valence-corrected chi connectivity index (χ4v) is 4.08. The van der Waals surface area contributed by atoms with Gasteiger partial charge in [-0.25, -0.2) is 4.39 Å². The summed E-state index contributed by atoms with van der Waals surface area (Å²) < 4.78 is 18.9. The minimum atomic E-state index is -0.795. The molecule has 2 atom stereocenters. The number of piperidine rings is 1. The Morgan fingerprint density at radius 3 is 2.93 bits per heavy atom. The van der Waals surface area contributed by atoms with E-state index in [4.69, 9.17) is 9.57 Å². The molecule has 0 radical (unpaired) electrons. The van der Waals surface area contributed by atoms with Crippen LogP contribution in [0.2, 0.25) is 0 Å². The van der Waals surface area contributed by atoms with E-state index in [1.807, 2.05) is 6.92 Å². The molecule has 1 saturated heterocycles. The van der Waals surface area contributed by atoms with E-state index >= 15 is 0 Å². The summed E-state index contributed by atoms with van der Waals surface area (Å²) in [6, 6.07) is 6.23. The Morgan fingerprint density at radius 2 is 2.21 bits per heavy atom. The first kappa shape index (κ1) is 20.3. The maximum absolute atomic E-state index is 13.5. The van der Waals surface area contributed by atoms with E-state index in [1.165, 1.54) is 12.1 Å². The summed E-state index contributed by atoms with van der Waals surface area (Å²) in [6.45, 7) is 4.89. The second-order valence-corrected chi connectivity index (χ2v) is 7.46. The highest BCUT2D eigenvalue weighted by Crippen LogP contribution is 2.39. The Balaban J connectivity index is 1.74. The van der Waals surface area contributed by atoms with Crippen molar-refractivity contribution in [3.8, 4) is 0 Å². The SMILES string of the molecule is CCOC(=O)[C@]1(C[C@H]2CC(c3cccc(F)c3)=NO2)CCCN(C(=O)CC)C1. The van der Waals surface area contributed by atoms with Gasteiger partial charge >= 0.3 is 5.97 Å². The number of hydrogen-bond donors (Lipinski definition) is 0. The first-order chi connectivity index (χ1) is 13.5. The number of rotatable bonds is 6. The van der Waals surface area contributed by atoms with Gasteiger partial charge in [0, 0.05) is 37.9 Å². The maximum atomic E-state index is 13.5. The number of esters is 1. The van der Waals surface area contributed by atoms with E-state index in [-0.39, 0.29) is 23.8 Å². The van der Waals surface area contributed by atoms with E-state index in [2.05, 4.69) is 5.16 Å². The minimum absolute atomic E-state index is 0.0393. The third-order valence-electron chi connectivity index (χ3n) is 5.45. The molecular formula is C21H27FN2O4. The summed E-state index contributed by atoms with van der Waals surface area (Å²) in [5.41, 5.74) is 0.552. The molecule has 2 aliphatic heterocycles. The average molecular weight is 390 g/mol. The number of amides is 1. The highest BCUT2D eigenvalue weighted by molar-refractivity contribution is 6.01. The summed E-state index contributed by atoms with van der Waals surface area (Å²) in [7, 11) is 0. The molecule has 2 aliphatic rings. The lowest BCUT2D eigenvalue weighted by Crippen LogP contribution is -2.51. The van der Waals surface area contributed by atoms with Crippen LogP contribution in [0, 0.1) is 11.2 Å². The smallest absolute Gasteiger partial charge is 0.314 e. The van der Waals surface area contributed by atoms with E-state index < -0.39 is 5.41 Å². The van der Waals surface area contributed by atoms with Gasteiger partial charge in [0.1, 0.15) is 11.9 Å². The Labute approximate surface area is 164 Å². The van der Waals surface area contributed by atoms with Gasteiger partial charge in [-0.3, -0.25) is 9.59 Å². The highest BCUT2D eigenvalue weighted by Gasteiger charge is 2.47. The van der Waals surface area contributed by atoms with Crippen molar-refractivity contribution in [1.82, 2.24) is 4.90 Å². The van der Waals surface area contributed by atoms with Crippen LogP contribution < -0.4 is 0 Å². The van der Waals surface area contributed by atoms with Crippen molar-refractivity contribution in [2.75, 3.05) is 19.7 Å². The molecule has 0 spiro atoms. The van der Waals surface area contributed by atoms with Gasteiger partial charge in [-0.2, -0.15) is 0 Å². The van der Waals surface area contributed by atoms with Crippen LogP contribution >= 0.6 is 0 Å². The van der Waals surface area contributed by atoms with Crippen molar-refractivity contribution in [3.63, 3.8) is 0 Å². The van der Waals surface area contributed by atoms with Gasteiger partial charge in [0.05, 0.1) is 17.7 Å². The summed E-state index contributed by atoms with van der Waals surface area (Å²) in [6.07, 6.45) is 2.41. The fourth-order valence-electron chi connectivity index (χ4n) is 4.08. The van der Waals surface area contributed by atoms with Gasteiger partial charge in [-0.1, -0.05) is 24.2 Å². The summed E-state index contributed by atoms with van der Waals surface area (Å²) in [5.74, 6) is -0.573. The Bertz CT molecular complexity index is 767. The predicted molar refractivity (Wildman–Crippen MR) is 102 cm³/mol. The molecule has 3 rings (SSSR count). The van der Waals surface area contributed by atoms with Crippen molar-refractivity contribution >= 4 is 17.6 Å². The molecule has 1 aromatic carbocycles. The molecule has 0 N–H and O–H groups in total. The standard InChI is InChI=1S/C21H27FN2O4/c1-3-19(25)24-10-6-9-21(14-24,20(26)27-4-2)13-17-12-18(23-28-17)15-7-5-8-16(22)11-15/h5,7-8,11,17H,3-4,6,9-10,12-14H2,1-2H3/t17-,21+/m1/s1. The van der Waals surface area contributed by atoms with E-state index in [1.54, 1.807) is 24.0 Å². The normalized spacial score (nSPS) is 24.5. The number of carbonyl (C=O) groups excluding carboxylic acids is 2. The number of oxime groups is 1. The zero-order valence-electron chi connectivity index (χ0n) is 16.4. The van der Waals surface area contributed by atoms with E-state index in [9.17, 15) is 14.0 Å². The minimum Gasteiger partial charge on any atom is -0.466 e. The number of likely N-dealkylation sites (tertiary alicyclic amines) is 1. The molecule has 0 unspecified atom stereocenters. The average Bonchev–Trinajstić information content (AvgIpc) is 3.16. The third-order valence-corrected chi connectivity index (χ3v) is 5.45. The van der Waals surface area contributed by atoms with Gasteiger partial charge < -0.3 is 14.5 Å². The summed E-state index contributed by atoms with van der Waals surface area (Å²) in [5, 5.41) is 4.12. The topological polar surface area (TPSA) is 68.2 Å². The van der Waals surface area contributed by atoms with Gasteiger partial charge in [-0.15, -0.1) is 0 Å². The third kappa shape index (κ3) is 4.34. The summed E-state index contributed by atoms with van der Waals surface area (Å²) >= 11 is 0. The van der Waals surface area contributed by atoms with Crippen molar-refractivity contribution in [1.29, 1.82) is 0 Å². The second kappa shape index (κ2) is 8.71. The zero-order valence-corrected chi connectivity index (χ0v) is 16.4. The molecule has 0 aliphatic carbocycles. The predicted octanol–water partition coefficient (Wildman–Crippen LogP) is 3.29. The van der Waals surface area contributed by atoms with Gasteiger partial charge in [0.2, 0.25) is 5.91 Å². The molecule has 152 valence electrons. The quantitative estimate of drug-likeness (QED) is 0.699. The molecule has 1 aromatic rings. The van der Waals surface area contributed by atoms with E-state index in [0.717, 1.165) is 6.42 Å². The number of benzene rings is 1. The van der Waals surface area contributed by atoms with Crippen LogP contribution in [0.25, 0.3) is 0 Å². The second-order valence-electron chi connectivity index (χ2n) is 7.46. The molecule has 0 aromatic heterocycles. The largest absolute Gasteiger partial charge is 0.466 e. The molecular weight excluding hydrogens is 363 g/mol. The maximum Gasteiger partial charge on any atom is 0.314 e. The summed E-state index contributed by atoms with van der Waals surface area (Å²) in [4.78, 5) is 32.4. The van der Waals surface area contributed by atoms with Crippen LogP contribution in [0.15, 0.2) is 29.4 Å². The first-order valence-corrected chi connectivity index (χ1v) is 9.91. The lowest BCUT2D eigenvalue weighted by molar-refractivity contribution is -0.163. The van der Waals surface area contributed by atoms with E-state index in [0.29, 0.717) is 56.7 Å². The van der Waals surface area contributed by atoms with Crippen LogP contribution in [-0.4, -0.2) is 48.3 Å². The number of hydrogen-bond acceptors (Lipinski definition) is 5. The van der Waals surface area contributed by atoms with Gasteiger partial charge in [0.25, 0.3) is 0 Å². The number of nitrogens with zero attached hydrogens (tertiary/aromatic N) is 2. The van der Waals surface area contributed by atoms with Crippen molar-refractivity contribution < 1.29 is 23.6 Å². The lowest BCUT2D eigenvalue weighted by atomic mass is 9.74. The Morgan fingerprint density at radius 1 is 1.39 bits per heavy atom. The van der Waals surface area contributed by atoms with Crippen molar-refractivity contribution in [2.45, 2.75) is 52.1 Å². The monoisotopic (exact) mass is 390 g/mol. The van der Waals surface area contributed by atoms with Gasteiger partial charge in [0.15, 0.2) is 0 Å². The van der Waals surface area contributed by atoms with Crippen LogP contribution in [0.1, 0.15) is 51.5 Å². The molecule has 0 bridgehead atoms.